The Morgan fingerprint density at radius 3 is 2.89 bits per heavy atom. The fourth-order valence-electron chi connectivity index (χ4n) is 1.80. The second-order valence-corrected chi connectivity index (χ2v) is 4.34. The molecule has 2 rings (SSSR count). The molecule has 0 saturated carbocycles. The van der Waals surface area contributed by atoms with Gasteiger partial charge in [0.2, 0.25) is 0 Å². The van der Waals surface area contributed by atoms with Gasteiger partial charge in [-0.2, -0.15) is 0 Å². The maximum atomic E-state index is 5.71. The predicted octanol–water partition coefficient (Wildman–Crippen LogP) is 1.81. The summed E-state index contributed by atoms with van der Waals surface area (Å²) in [5.41, 5.74) is 7.65. The number of aromatic nitrogens is 2. The van der Waals surface area contributed by atoms with Crippen LogP contribution in [0.5, 0.6) is 11.5 Å². The number of methoxy groups -OCH3 is 1. The number of ether oxygens (including phenoxy) is 2. The first-order chi connectivity index (χ1) is 9.22. The molecule has 1 aromatic carbocycles. The van der Waals surface area contributed by atoms with Crippen molar-refractivity contribution in [3.8, 4) is 11.5 Å². The molecule has 0 aliphatic carbocycles. The van der Waals surface area contributed by atoms with Crippen molar-refractivity contribution in [1.82, 2.24) is 9.97 Å². The van der Waals surface area contributed by atoms with Crippen LogP contribution in [0.1, 0.15) is 17.1 Å². The van der Waals surface area contributed by atoms with Crippen molar-refractivity contribution < 1.29 is 9.47 Å². The van der Waals surface area contributed by atoms with E-state index in [2.05, 4.69) is 9.97 Å². The van der Waals surface area contributed by atoms with Gasteiger partial charge in [-0.3, -0.25) is 0 Å². The molecule has 0 spiro atoms. The number of aromatic amines is 1. The maximum absolute atomic E-state index is 5.71. The average molecular weight is 261 g/mol. The van der Waals surface area contributed by atoms with E-state index >= 15 is 0 Å². The molecule has 0 unspecified atom stereocenters. The third kappa shape index (κ3) is 3.48. The van der Waals surface area contributed by atoms with Crippen LogP contribution in [0.25, 0.3) is 0 Å². The van der Waals surface area contributed by atoms with E-state index in [-0.39, 0.29) is 0 Å². The van der Waals surface area contributed by atoms with Crippen LogP contribution in [0.4, 0.5) is 0 Å². The molecule has 0 fully saturated rings. The van der Waals surface area contributed by atoms with Crippen molar-refractivity contribution in [2.75, 3.05) is 13.7 Å². The van der Waals surface area contributed by atoms with Gasteiger partial charge in [-0.15, -0.1) is 0 Å². The van der Waals surface area contributed by atoms with E-state index in [0.717, 1.165) is 29.3 Å². The summed E-state index contributed by atoms with van der Waals surface area (Å²) in [6.45, 7) is 3.00. The molecule has 0 radical (unpaired) electrons. The van der Waals surface area contributed by atoms with Crippen molar-refractivity contribution in [3.05, 3.63) is 41.5 Å². The van der Waals surface area contributed by atoms with Crippen LogP contribution in [0.3, 0.4) is 0 Å². The highest BCUT2D eigenvalue weighted by molar-refractivity contribution is 5.42. The number of imidazole rings is 1. The molecule has 5 nitrogen and oxygen atoms in total. The van der Waals surface area contributed by atoms with Gasteiger partial charge < -0.3 is 20.2 Å². The van der Waals surface area contributed by atoms with E-state index in [1.54, 1.807) is 13.3 Å². The summed E-state index contributed by atoms with van der Waals surface area (Å²) in [5, 5.41) is 0. The standard InChI is InChI=1S/C14H19N3O2/c1-10-3-4-12(13(7-10)18-2)19-9-14-16-8-11(17-14)5-6-15/h3-4,7-8H,5-6,9,15H2,1-2H3,(H,16,17). The molecule has 0 atom stereocenters. The summed E-state index contributed by atoms with van der Waals surface area (Å²) in [7, 11) is 1.63. The van der Waals surface area contributed by atoms with Crippen LogP contribution in [0.15, 0.2) is 24.4 Å². The number of aryl methyl sites for hydroxylation is 1. The van der Waals surface area contributed by atoms with E-state index in [1.165, 1.54) is 0 Å². The molecular weight excluding hydrogens is 242 g/mol. The highest BCUT2D eigenvalue weighted by Gasteiger charge is 2.06. The molecule has 0 saturated heterocycles. The first-order valence-electron chi connectivity index (χ1n) is 6.23. The van der Waals surface area contributed by atoms with E-state index in [1.807, 2.05) is 25.1 Å². The highest BCUT2D eigenvalue weighted by Crippen LogP contribution is 2.28. The van der Waals surface area contributed by atoms with E-state index in [4.69, 9.17) is 15.2 Å². The van der Waals surface area contributed by atoms with Crippen molar-refractivity contribution in [3.63, 3.8) is 0 Å². The van der Waals surface area contributed by atoms with Gasteiger partial charge in [-0.25, -0.2) is 4.98 Å². The minimum atomic E-state index is 0.379. The lowest BCUT2D eigenvalue weighted by Crippen LogP contribution is -2.03. The first-order valence-corrected chi connectivity index (χ1v) is 6.23. The molecule has 2 aromatic rings. The third-order valence-electron chi connectivity index (χ3n) is 2.78. The zero-order valence-electron chi connectivity index (χ0n) is 11.3. The molecule has 102 valence electrons. The second kappa shape index (κ2) is 6.24. The number of nitrogens with two attached hydrogens (primary N) is 1. The molecule has 0 amide bonds. The number of rotatable bonds is 6. The van der Waals surface area contributed by atoms with Gasteiger partial charge in [0, 0.05) is 18.3 Å². The van der Waals surface area contributed by atoms with Crippen molar-refractivity contribution >= 4 is 0 Å². The van der Waals surface area contributed by atoms with Crippen LogP contribution in [-0.2, 0) is 13.0 Å². The Labute approximate surface area is 112 Å². The molecule has 1 aromatic heterocycles. The summed E-state index contributed by atoms with van der Waals surface area (Å²) >= 11 is 0. The van der Waals surface area contributed by atoms with Crippen LogP contribution < -0.4 is 15.2 Å². The summed E-state index contributed by atoms with van der Waals surface area (Å²) in [5.74, 6) is 2.23. The quantitative estimate of drug-likeness (QED) is 0.831. The Bertz CT molecular complexity index is 537. The molecule has 5 heteroatoms. The zero-order valence-corrected chi connectivity index (χ0v) is 11.3. The largest absolute Gasteiger partial charge is 0.493 e. The third-order valence-corrected chi connectivity index (χ3v) is 2.78. The SMILES string of the molecule is COc1cc(C)ccc1OCc1ncc(CCN)[nH]1. The van der Waals surface area contributed by atoms with Crippen LogP contribution >= 0.6 is 0 Å². The Morgan fingerprint density at radius 2 is 2.16 bits per heavy atom. The van der Waals surface area contributed by atoms with Crippen LogP contribution in [0.2, 0.25) is 0 Å². The monoisotopic (exact) mass is 261 g/mol. The molecule has 19 heavy (non-hydrogen) atoms. The summed E-state index contributed by atoms with van der Waals surface area (Å²) < 4.78 is 11.0. The molecule has 0 aliphatic heterocycles. The van der Waals surface area contributed by atoms with Gasteiger partial charge in [0.05, 0.1) is 7.11 Å². The van der Waals surface area contributed by atoms with Crippen molar-refractivity contribution in [2.45, 2.75) is 20.0 Å². The molecule has 0 aliphatic rings. The smallest absolute Gasteiger partial charge is 0.161 e. The topological polar surface area (TPSA) is 73.2 Å². The lowest BCUT2D eigenvalue weighted by molar-refractivity contribution is 0.277. The Balaban J connectivity index is 2.01. The van der Waals surface area contributed by atoms with E-state index < -0.39 is 0 Å². The first kappa shape index (κ1) is 13.4. The lowest BCUT2D eigenvalue weighted by Gasteiger charge is -2.10. The van der Waals surface area contributed by atoms with Gasteiger partial charge >= 0.3 is 0 Å². The number of nitrogens with one attached hydrogen (secondary N) is 1. The second-order valence-electron chi connectivity index (χ2n) is 4.34. The van der Waals surface area contributed by atoms with Gasteiger partial charge in [0.15, 0.2) is 11.5 Å². The Morgan fingerprint density at radius 1 is 1.32 bits per heavy atom. The van der Waals surface area contributed by atoms with E-state index in [0.29, 0.717) is 18.9 Å². The lowest BCUT2D eigenvalue weighted by atomic mass is 10.2. The highest BCUT2D eigenvalue weighted by atomic mass is 16.5. The van der Waals surface area contributed by atoms with Gasteiger partial charge in [0.25, 0.3) is 0 Å². The number of hydrogen-bond donors (Lipinski definition) is 2. The van der Waals surface area contributed by atoms with Crippen LogP contribution in [0, 0.1) is 6.92 Å². The van der Waals surface area contributed by atoms with E-state index in [9.17, 15) is 0 Å². The number of hydrogen-bond acceptors (Lipinski definition) is 4. The number of nitrogens with zero attached hydrogens (tertiary/aromatic N) is 1. The average Bonchev–Trinajstić information content (AvgIpc) is 2.85. The minimum absolute atomic E-state index is 0.379. The number of H-pyrrole nitrogens is 1. The summed E-state index contributed by atoms with van der Waals surface area (Å²) in [6.07, 6.45) is 2.58. The molecule has 1 heterocycles. The summed E-state index contributed by atoms with van der Waals surface area (Å²) in [6, 6.07) is 5.83. The fraction of sp³-hybridized carbons (Fsp3) is 0.357. The Kier molecular flexibility index (Phi) is 4.41. The minimum Gasteiger partial charge on any atom is -0.493 e. The maximum Gasteiger partial charge on any atom is 0.161 e. The molecule has 0 bridgehead atoms. The predicted molar refractivity (Wildman–Crippen MR) is 73.4 cm³/mol. The van der Waals surface area contributed by atoms with Crippen molar-refractivity contribution in [1.29, 1.82) is 0 Å². The normalized spacial score (nSPS) is 10.5. The fourth-order valence-corrected chi connectivity index (χ4v) is 1.80. The molecular formula is C14H19N3O2. The van der Waals surface area contributed by atoms with Gasteiger partial charge in [-0.05, 0) is 31.2 Å². The molecule has 3 N–H and O–H groups in total. The van der Waals surface area contributed by atoms with Crippen molar-refractivity contribution in [2.24, 2.45) is 5.73 Å². The van der Waals surface area contributed by atoms with Gasteiger partial charge in [0.1, 0.15) is 12.4 Å². The van der Waals surface area contributed by atoms with Gasteiger partial charge in [-0.1, -0.05) is 6.07 Å². The zero-order chi connectivity index (χ0) is 13.7. The number of benzene rings is 1. The van der Waals surface area contributed by atoms with Crippen LogP contribution in [-0.4, -0.2) is 23.6 Å². The summed E-state index contributed by atoms with van der Waals surface area (Å²) in [4.78, 5) is 7.42. The Hall–Kier alpha value is -2.01.